The van der Waals surface area contributed by atoms with Gasteiger partial charge in [-0.1, -0.05) is 29.4 Å². The van der Waals surface area contributed by atoms with Crippen LogP contribution in [0.1, 0.15) is 11.1 Å². The normalized spacial score (nSPS) is 11.0. The second kappa shape index (κ2) is 5.14. The maximum atomic E-state index is 11.4. The van der Waals surface area contributed by atoms with E-state index in [1.165, 1.54) is 14.2 Å². The Balaban J connectivity index is 3.17. The average molecular weight is 206 g/mol. The fraction of sp³-hybridized carbons (Fsp3) is 0.182. The zero-order chi connectivity index (χ0) is 11.3. The highest BCUT2D eigenvalue weighted by atomic mass is 16.6. The molecule has 0 bridgehead atoms. The molecule has 4 heteroatoms. The predicted molar refractivity (Wildman–Crippen MR) is 56.5 cm³/mol. The Morgan fingerprint density at radius 1 is 1.33 bits per heavy atom. The number of esters is 1. The van der Waals surface area contributed by atoms with Crippen molar-refractivity contribution in [1.82, 2.24) is 0 Å². The van der Waals surface area contributed by atoms with Crippen LogP contribution in [0, 0.1) is 6.92 Å². The fourth-order valence-electron chi connectivity index (χ4n) is 1.14. The molecule has 0 aliphatic carbocycles. The Morgan fingerprint density at radius 3 is 2.53 bits per heavy atom. The summed E-state index contributed by atoms with van der Waals surface area (Å²) in [6.07, 6.45) is 0. The molecule has 0 saturated carbocycles. The summed E-state index contributed by atoms with van der Waals surface area (Å²) in [5.74, 6) is -0.548. The van der Waals surface area contributed by atoms with E-state index < -0.39 is 5.97 Å². The number of benzene rings is 1. The van der Waals surface area contributed by atoms with Gasteiger partial charge in [0.25, 0.3) is 0 Å². The van der Waals surface area contributed by atoms with Gasteiger partial charge in [0.1, 0.15) is 7.11 Å². The molecule has 15 heavy (non-hydrogen) atoms. The Kier molecular flexibility index (Phi) is 3.85. The summed E-state index contributed by atoms with van der Waals surface area (Å²) in [5.41, 5.74) is 1.41. The first-order valence-corrected chi connectivity index (χ1v) is 4.31. The monoisotopic (exact) mass is 206 g/mol. The van der Waals surface area contributed by atoms with E-state index in [1.807, 2.05) is 6.07 Å². The highest BCUT2D eigenvalue weighted by Crippen LogP contribution is 2.09. The van der Waals surface area contributed by atoms with Crippen LogP contribution in [-0.4, -0.2) is 25.9 Å². The van der Waals surface area contributed by atoms with Crippen molar-refractivity contribution in [3.05, 3.63) is 42.3 Å². The number of carbonyl (C=O) groups excluding carboxylic acids is 1. The van der Waals surface area contributed by atoms with Crippen LogP contribution >= 0.6 is 0 Å². The summed E-state index contributed by atoms with van der Waals surface area (Å²) in [6.45, 7) is 3.80. The van der Waals surface area contributed by atoms with E-state index in [1.54, 1.807) is 18.2 Å². The molecule has 0 unspecified atom stereocenters. The first kappa shape index (κ1) is 11.2. The number of oxime groups is 1. The molecule has 1 rings (SSSR count). The average Bonchev–Trinajstić information content (AvgIpc) is 2.26. The number of nitrogens with zero attached hydrogens (tertiary/aromatic N) is 1. The molecule has 0 fully saturated rings. The molecule has 1 aromatic carbocycles. The van der Waals surface area contributed by atoms with Gasteiger partial charge in [0.05, 0.1) is 7.11 Å². The standard InChI is InChI=1S/C11H12NO3/c1-8-6-4-5-7-9(8)10(12-15-3)11(13)14-2/h4-7H,1H2,2-3H3/b12-10+. The van der Waals surface area contributed by atoms with Crippen molar-refractivity contribution in [1.29, 1.82) is 0 Å². The van der Waals surface area contributed by atoms with Gasteiger partial charge >= 0.3 is 5.97 Å². The SMILES string of the molecule is [CH2]c1ccccc1/C(=N\OC)C(=O)OC. The van der Waals surface area contributed by atoms with E-state index in [-0.39, 0.29) is 5.71 Å². The Bertz CT molecular complexity index is 385. The lowest BCUT2D eigenvalue weighted by molar-refractivity contribution is -0.132. The number of hydrogen-bond donors (Lipinski definition) is 0. The van der Waals surface area contributed by atoms with Crippen molar-refractivity contribution >= 4 is 11.7 Å². The topological polar surface area (TPSA) is 47.9 Å². The van der Waals surface area contributed by atoms with Gasteiger partial charge < -0.3 is 9.57 Å². The molecule has 4 nitrogen and oxygen atoms in total. The van der Waals surface area contributed by atoms with Crippen molar-refractivity contribution in [2.45, 2.75) is 0 Å². The molecule has 0 amide bonds. The van der Waals surface area contributed by atoms with Crippen molar-refractivity contribution in [3.8, 4) is 0 Å². The zero-order valence-corrected chi connectivity index (χ0v) is 8.69. The summed E-state index contributed by atoms with van der Waals surface area (Å²) in [7, 11) is 2.66. The molecular formula is C11H12NO3. The van der Waals surface area contributed by atoms with E-state index in [9.17, 15) is 4.79 Å². The maximum Gasteiger partial charge on any atom is 0.360 e. The van der Waals surface area contributed by atoms with Crippen molar-refractivity contribution in [2.75, 3.05) is 14.2 Å². The third-order valence-electron chi connectivity index (χ3n) is 1.83. The van der Waals surface area contributed by atoms with Crippen LogP contribution in [0.4, 0.5) is 0 Å². The molecule has 0 saturated heterocycles. The molecule has 1 radical (unpaired) electrons. The van der Waals surface area contributed by atoms with E-state index in [4.69, 9.17) is 0 Å². The summed E-state index contributed by atoms with van der Waals surface area (Å²) in [4.78, 5) is 16.0. The Labute approximate surface area is 88.5 Å². The molecule has 0 aliphatic heterocycles. The third kappa shape index (κ3) is 2.56. The van der Waals surface area contributed by atoms with Gasteiger partial charge in [0.2, 0.25) is 0 Å². The van der Waals surface area contributed by atoms with Crippen LogP contribution < -0.4 is 0 Å². The van der Waals surface area contributed by atoms with E-state index in [0.717, 1.165) is 0 Å². The van der Waals surface area contributed by atoms with Gasteiger partial charge in [-0.15, -0.1) is 0 Å². The minimum absolute atomic E-state index is 0.116. The minimum Gasteiger partial charge on any atom is -0.464 e. The third-order valence-corrected chi connectivity index (χ3v) is 1.83. The number of rotatable bonds is 3. The first-order chi connectivity index (χ1) is 7.20. The second-order valence-corrected chi connectivity index (χ2v) is 2.77. The van der Waals surface area contributed by atoms with Crippen molar-refractivity contribution in [2.24, 2.45) is 5.16 Å². The van der Waals surface area contributed by atoms with Crippen LogP contribution in [0.2, 0.25) is 0 Å². The van der Waals surface area contributed by atoms with Crippen LogP contribution in [0.3, 0.4) is 0 Å². The minimum atomic E-state index is -0.548. The fourth-order valence-corrected chi connectivity index (χ4v) is 1.14. The summed E-state index contributed by atoms with van der Waals surface area (Å²) >= 11 is 0. The van der Waals surface area contributed by atoms with Gasteiger partial charge in [-0.3, -0.25) is 0 Å². The lowest BCUT2D eigenvalue weighted by Gasteiger charge is -2.06. The molecule has 0 aromatic heterocycles. The van der Waals surface area contributed by atoms with Gasteiger partial charge in [-0.25, -0.2) is 4.79 Å². The zero-order valence-electron chi connectivity index (χ0n) is 8.69. The first-order valence-electron chi connectivity index (χ1n) is 4.31. The highest BCUT2D eigenvalue weighted by Gasteiger charge is 2.16. The van der Waals surface area contributed by atoms with E-state index >= 15 is 0 Å². The lowest BCUT2D eigenvalue weighted by atomic mass is 10.0. The molecule has 0 spiro atoms. The van der Waals surface area contributed by atoms with Gasteiger partial charge in [0.15, 0.2) is 5.71 Å². The number of ether oxygens (including phenoxy) is 1. The number of carbonyl (C=O) groups is 1. The molecule has 0 N–H and O–H groups in total. The molecule has 1 aromatic rings. The molecule has 79 valence electrons. The summed E-state index contributed by atoms with van der Waals surface area (Å²) in [6, 6.07) is 7.13. The highest BCUT2D eigenvalue weighted by molar-refractivity contribution is 6.43. The van der Waals surface area contributed by atoms with Crippen molar-refractivity contribution in [3.63, 3.8) is 0 Å². The predicted octanol–water partition coefficient (Wildman–Crippen LogP) is 1.39. The van der Waals surface area contributed by atoms with Gasteiger partial charge in [-0.2, -0.15) is 0 Å². The van der Waals surface area contributed by atoms with Gasteiger partial charge in [-0.05, 0) is 12.5 Å². The van der Waals surface area contributed by atoms with Crippen molar-refractivity contribution < 1.29 is 14.4 Å². The second-order valence-electron chi connectivity index (χ2n) is 2.77. The van der Waals surface area contributed by atoms with Crippen LogP contribution in [-0.2, 0) is 14.4 Å². The molecule has 0 atom stereocenters. The lowest BCUT2D eigenvalue weighted by Crippen LogP contribution is -2.18. The molecular weight excluding hydrogens is 194 g/mol. The van der Waals surface area contributed by atoms with Gasteiger partial charge in [0, 0.05) is 5.56 Å². The Morgan fingerprint density at radius 2 is 2.00 bits per heavy atom. The van der Waals surface area contributed by atoms with Crippen LogP contribution in [0.15, 0.2) is 29.4 Å². The number of methoxy groups -OCH3 is 1. The largest absolute Gasteiger partial charge is 0.464 e. The van der Waals surface area contributed by atoms with Crippen LogP contribution in [0.5, 0.6) is 0 Å². The maximum absolute atomic E-state index is 11.4. The van der Waals surface area contributed by atoms with Crippen LogP contribution in [0.25, 0.3) is 0 Å². The quantitative estimate of drug-likeness (QED) is 0.426. The Hall–Kier alpha value is -1.84. The molecule has 0 heterocycles. The van der Waals surface area contributed by atoms with E-state index in [0.29, 0.717) is 11.1 Å². The summed E-state index contributed by atoms with van der Waals surface area (Å²) < 4.78 is 4.60. The summed E-state index contributed by atoms with van der Waals surface area (Å²) in [5, 5.41) is 3.63. The molecule has 0 aliphatic rings. The smallest absolute Gasteiger partial charge is 0.360 e. The van der Waals surface area contributed by atoms with E-state index in [2.05, 4.69) is 21.7 Å². The number of hydrogen-bond acceptors (Lipinski definition) is 4.